The summed E-state index contributed by atoms with van der Waals surface area (Å²) in [4.78, 5) is 11.9. The van der Waals surface area contributed by atoms with Gasteiger partial charge in [0.2, 0.25) is 0 Å². The fourth-order valence-electron chi connectivity index (χ4n) is 1.79. The third kappa shape index (κ3) is 4.39. The van der Waals surface area contributed by atoms with Gasteiger partial charge in [-0.15, -0.1) is 0 Å². The number of benzene rings is 2. The van der Waals surface area contributed by atoms with Crippen molar-refractivity contribution in [2.24, 2.45) is 0 Å². The van der Waals surface area contributed by atoms with Crippen LogP contribution in [0.25, 0.3) is 0 Å². The van der Waals surface area contributed by atoms with E-state index in [0.717, 1.165) is 11.3 Å². The molecule has 0 spiro atoms. The van der Waals surface area contributed by atoms with E-state index in [1.807, 2.05) is 13.0 Å². The van der Waals surface area contributed by atoms with E-state index in [9.17, 15) is 4.79 Å². The number of amides is 1. The molecule has 0 aromatic heterocycles. The largest absolute Gasteiger partial charge is 0.497 e. The van der Waals surface area contributed by atoms with Crippen LogP contribution in [0.15, 0.2) is 42.5 Å². The van der Waals surface area contributed by atoms with Gasteiger partial charge in [0.05, 0.1) is 7.11 Å². The summed E-state index contributed by atoms with van der Waals surface area (Å²) in [6.07, 6.45) is 0. The zero-order valence-electron chi connectivity index (χ0n) is 11.9. The van der Waals surface area contributed by atoms with Gasteiger partial charge in [0, 0.05) is 16.8 Å². The van der Waals surface area contributed by atoms with Gasteiger partial charge in [0.25, 0.3) is 5.91 Å². The van der Waals surface area contributed by atoms with E-state index in [4.69, 9.17) is 21.1 Å². The van der Waals surface area contributed by atoms with Crippen molar-refractivity contribution in [3.05, 3.63) is 53.1 Å². The summed E-state index contributed by atoms with van der Waals surface area (Å²) < 4.78 is 10.5. The van der Waals surface area contributed by atoms with Crippen LogP contribution in [0.4, 0.5) is 5.69 Å². The van der Waals surface area contributed by atoms with E-state index in [0.29, 0.717) is 16.5 Å². The van der Waals surface area contributed by atoms with E-state index in [-0.39, 0.29) is 12.5 Å². The average Bonchev–Trinajstić information content (AvgIpc) is 2.48. The van der Waals surface area contributed by atoms with Crippen molar-refractivity contribution in [1.29, 1.82) is 0 Å². The lowest BCUT2D eigenvalue weighted by Gasteiger charge is -2.10. The lowest BCUT2D eigenvalue weighted by molar-refractivity contribution is -0.118. The Morgan fingerprint density at radius 2 is 1.95 bits per heavy atom. The molecule has 2 aromatic rings. The van der Waals surface area contributed by atoms with Gasteiger partial charge in [-0.3, -0.25) is 4.79 Å². The van der Waals surface area contributed by atoms with Crippen LogP contribution in [0.2, 0.25) is 5.02 Å². The molecule has 0 saturated heterocycles. The van der Waals surface area contributed by atoms with Gasteiger partial charge in [0.15, 0.2) is 6.61 Å². The third-order valence-electron chi connectivity index (χ3n) is 2.87. The minimum atomic E-state index is -0.233. The van der Waals surface area contributed by atoms with Crippen molar-refractivity contribution in [2.45, 2.75) is 6.92 Å². The molecular formula is C16H16ClNO3. The van der Waals surface area contributed by atoms with E-state index in [2.05, 4.69) is 5.32 Å². The van der Waals surface area contributed by atoms with Gasteiger partial charge >= 0.3 is 0 Å². The second-order valence-corrected chi connectivity index (χ2v) is 4.91. The third-order valence-corrected chi connectivity index (χ3v) is 3.11. The molecule has 1 N–H and O–H groups in total. The lowest BCUT2D eigenvalue weighted by Crippen LogP contribution is -2.20. The predicted octanol–water partition coefficient (Wildman–Crippen LogP) is 3.67. The van der Waals surface area contributed by atoms with E-state index < -0.39 is 0 Å². The van der Waals surface area contributed by atoms with Gasteiger partial charge in [0.1, 0.15) is 11.5 Å². The number of methoxy groups -OCH3 is 1. The molecule has 4 nitrogen and oxygen atoms in total. The zero-order chi connectivity index (χ0) is 15.2. The summed E-state index contributed by atoms with van der Waals surface area (Å²) in [6.45, 7) is 1.81. The van der Waals surface area contributed by atoms with Gasteiger partial charge in [-0.2, -0.15) is 0 Å². The maximum absolute atomic E-state index is 11.9. The lowest BCUT2D eigenvalue weighted by atomic mass is 10.2. The number of halogens is 1. The number of aryl methyl sites for hydroxylation is 1. The Labute approximate surface area is 128 Å². The van der Waals surface area contributed by atoms with Gasteiger partial charge in [-0.1, -0.05) is 17.7 Å². The fraction of sp³-hybridized carbons (Fsp3) is 0.188. The first-order valence-corrected chi connectivity index (χ1v) is 6.79. The highest BCUT2D eigenvalue weighted by Crippen LogP contribution is 2.20. The number of nitrogens with one attached hydrogen (secondary N) is 1. The van der Waals surface area contributed by atoms with Crippen LogP contribution in [0, 0.1) is 6.92 Å². The molecule has 1 amide bonds. The van der Waals surface area contributed by atoms with Crippen molar-refractivity contribution < 1.29 is 14.3 Å². The summed E-state index contributed by atoms with van der Waals surface area (Å²) in [5.74, 6) is 1.03. The molecule has 0 aliphatic carbocycles. The molecule has 5 heteroatoms. The van der Waals surface area contributed by atoms with Gasteiger partial charge < -0.3 is 14.8 Å². The highest BCUT2D eigenvalue weighted by Gasteiger charge is 2.06. The first-order chi connectivity index (χ1) is 10.1. The SMILES string of the molecule is COc1cccc(OCC(=O)Nc2ccc(Cl)cc2C)c1. The molecule has 0 unspecified atom stereocenters. The minimum Gasteiger partial charge on any atom is -0.497 e. The maximum atomic E-state index is 11.9. The molecule has 21 heavy (non-hydrogen) atoms. The molecule has 0 bridgehead atoms. The van der Waals surface area contributed by atoms with Crippen molar-refractivity contribution in [1.82, 2.24) is 0 Å². The summed E-state index contributed by atoms with van der Waals surface area (Å²) in [7, 11) is 1.58. The summed E-state index contributed by atoms with van der Waals surface area (Å²) in [6, 6.07) is 12.4. The number of ether oxygens (including phenoxy) is 2. The standard InChI is InChI=1S/C16H16ClNO3/c1-11-8-12(17)6-7-15(11)18-16(19)10-21-14-5-3-4-13(9-14)20-2/h3-9H,10H2,1-2H3,(H,18,19). The Morgan fingerprint density at radius 3 is 2.67 bits per heavy atom. The quantitative estimate of drug-likeness (QED) is 0.916. The molecular weight excluding hydrogens is 290 g/mol. The molecule has 0 saturated carbocycles. The Balaban J connectivity index is 1.92. The Hall–Kier alpha value is -2.20. The molecule has 0 aliphatic rings. The van der Waals surface area contributed by atoms with E-state index in [1.54, 1.807) is 43.5 Å². The second-order valence-electron chi connectivity index (χ2n) is 4.48. The van der Waals surface area contributed by atoms with E-state index in [1.165, 1.54) is 0 Å². The Bertz CT molecular complexity index is 643. The molecule has 0 aliphatic heterocycles. The number of carbonyl (C=O) groups excluding carboxylic acids is 1. The van der Waals surface area contributed by atoms with Crippen molar-refractivity contribution in [3.63, 3.8) is 0 Å². The monoisotopic (exact) mass is 305 g/mol. The van der Waals surface area contributed by atoms with Crippen LogP contribution in [0.3, 0.4) is 0 Å². The number of anilines is 1. The maximum Gasteiger partial charge on any atom is 0.262 e. The zero-order valence-corrected chi connectivity index (χ0v) is 12.6. The van der Waals surface area contributed by atoms with Crippen LogP contribution >= 0.6 is 11.6 Å². The topological polar surface area (TPSA) is 47.6 Å². The second kappa shape index (κ2) is 6.99. The van der Waals surface area contributed by atoms with Crippen LogP contribution < -0.4 is 14.8 Å². The number of rotatable bonds is 5. The normalized spacial score (nSPS) is 10.0. The molecule has 2 aromatic carbocycles. The molecule has 0 radical (unpaired) electrons. The molecule has 0 atom stereocenters. The van der Waals surface area contributed by atoms with E-state index >= 15 is 0 Å². The Morgan fingerprint density at radius 1 is 1.19 bits per heavy atom. The molecule has 0 fully saturated rings. The number of carbonyl (C=O) groups is 1. The predicted molar refractivity (Wildman–Crippen MR) is 83.3 cm³/mol. The van der Waals surface area contributed by atoms with Crippen molar-refractivity contribution >= 4 is 23.2 Å². The number of hydrogen-bond acceptors (Lipinski definition) is 3. The summed E-state index contributed by atoms with van der Waals surface area (Å²) in [5.41, 5.74) is 1.62. The average molecular weight is 306 g/mol. The smallest absolute Gasteiger partial charge is 0.262 e. The first kappa shape index (κ1) is 15.2. The summed E-state index contributed by atoms with van der Waals surface area (Å²) in [5, 5.41) is 3.42. The fourth-order valence-corrected chi connectivity index (χ4v) is 2.02. The molecule has 0 heterocycles. The highest BCUT2D eigenvalue weighted by atomic mass is 35.5. The minimum absolute atomic E-state index is 0.0742. The highest BCUT2D eigenvalue weighted by molar-refractivity contribution is 6.30. The summed E-state index contributed by atoms with van der Waals surface area (Å²) >= 11 is 5.87. The Kier molecular flexibility index (Phi) is 5.06. The van der Waals surface area contributed by atoms with Gasteiger partial charge in [-0.05, 0) is 42.8 Å². The first-order valence-electron chi connectivity index (χ1n) is 6.41. The van der Waals surface area contributed by atoms with Crippen LogP contribution in [0.1, 0.15) is 5.56 Å². The van der Waals surface area contributed by atoms with Crippen molar-refractivity contribution in [3.8, 4) is 11.5 Å². The van der Waals surface area contributed by atoms with Crippen LogP contribution in [0.5, 0.6) is 11.5 Å². The van der Waals surface area contributed by atoms with Crippen LogP contribution in [-0.4, -0.2) is 19.6 Å². The van der Waals surface area contributed by atoms with Crippen molar-refractivity contribution in [2.75, 3.05) is 19.0 Å². The van der Waals surface area contributed by atoms with Crippen LogP contribution in [-0.2, 0) is 4.79 Å². The molecule has 110 valence electrons. The molecule has 2 rings (SSSR count). The van der Waals surface area contributed by atoms with Gasteiger partial charge in [-0.25, -0.2) is 0 Å². The number of hydrogen-bond donors (Lipinski definition) is 1.